The number of rotatable bonds is 6. The highest BCUT2D eigenvalue weighted by Crippen LogP contribution is 2.48. The van der Waals surface area contributed by atoms with E-state index < -0.39 is 11.0 Å². The largest absolute Gasteiger partial charge is 0.389 e. The van der Waals surface area contributed by atoms with Gasteiger partial charge in [-0.1, -0.05) is 31.6 Å². The van der Waals surface area contributed by atoms with Crippen LogP contribution in [0.1, 0.15) is 46.0 Å². The van der Waals surface area contributed by atoms with Crippen LogP contribution in [0.25, 0.3) is 0 Å². The van der Waals surface area contributed by atoms with E-state index in [1.165, 1.54) is 0 Å². The van der Waals surface area contributed by atoms with Gasteiger partial charge in [-0.05, 0) is 25.7 Å². The molecule has 0 fully saturated rings. The molecule has 0 radical (unpaired) electrons. The van der Waals surface area contributed by atoms with Crippen molar-refractivity contribution in [3.05, 3.63) is 34.4 Å². The average Bonchev–Trinajstić information content (AvgIpc) is 2.28. The summed E-state index contributed by atoms with van der Waals surface area (Å²) >= 11 is 0. The van der Waals surface area contributed by atoms with Crippen molar-refractivity contribution < 1.29 is 10.0 Å². The number of allylic oxidation sites excluding steroid dienone is 2. The first kappa shape index (κ1) is 14.9. The molecule has 0 aliphatic heterocycles. The molecule has 1 aliphatic rings. The van der Waals surface area contributed by atoms with Gasteiger partial charge in [0, 0.05) is 16.8 Å². The number of hydrogen-bond acceptors (Lipinski definition) is 3. The van der Waals surface area contributed by atoms with Gasteiger partial charge in [-0.25, -0.2) is 0 Å². The molecular weight excluding hydrogens is 230 g/mol. The SMILES string of the molecule is C=CCCC1(O)CCC=C(CC[N+](=O)[O-])C1(C)C. The maximum Gasteiger partial charge on any atom is 0.207 e. The topological polar surface area (TPSA) is 63.4 Å². The third-order valence-corrected chi connectivity index (χ3v) is 4.24. The Kier molecular flexibility index (Phi) is 4.68. The van der Waals surface area contributed by atoms with Gasteiger partial charge in [0.2, 0.25) is 6.54 Å². The number of nitro groups is 1. The van der Waals surface area contributed by atoms with Crippen molar-refractivity contribution in [1.82, 2.24) is 0 Å². The van der Waals surface area contributed by atoms with Crippen LogP contribution in [-0.2, 0) is 0 Å². The predicted molar refractivity (Wildman–Crippen MR) is 72.0 cm³/mol. The second-order valence-corrected chi connectivity index (χ2v) is 5.56. The molecule has 1 atom stereocenters. The van der Waals surface area contributed by atoms with E-state index in [0.29, 0.717) is 12.8 Å². The Morgan fingerprint density at radius 2 is 2.28 bits per heavy atom. The molecule has 0 aromatic heterocycles. The summed E-state index contributed by atoms with van der Waals surface area (Å²) in [6, 6.07) is 0. The van der Waals surface area contributed by atoms with Crippen molar-refractivity contribution in [2.24, 2.45) is 5.41 Å². The molecule has 0 aromatic carbocycles. The zero-order chi connectivity index (χ0) is 13.8. The standard InChI is InChI=1S/C14H23NO3/c1-4-5-9-14(16)10-6-7-12(13(14,2)3)8-11-15(17)18/h4,7,16H,1,5-6,8-11H2,2-3H3. The summed E-state index contributed by atoms with van der Waals surface area (Å²) in [6.07, 6.45) is 7.24. The first-order chi connectivity index (χ1) is 8.33. The van der Waals surface area contributed by atoms with Crippen LogP contribution in [0.2, 0.25) is 0 Å². The van der Waals surface area contributed by atoms with Crippen LogP contribution < -0.4 is 0 Å². The van der Waals surface area contributed by atoms with Crippen LogP contribution in [0.15, 0.2) is 24.3 Å². The molecular formula is C14H23NO3. The van der Waals surface area contributed by atoms with Crippen LogP contribution >= 0.6 is 0 Å². The maximum absolute atomic E-state index is 10.8. The quantitative estimate of drug-likeness (QED) is 0.449. The maximum atomic E-state index is 10.8. The van der Waals surface area contributed by atoms with Crippen LogP contribution in [0.4, 0.5) is 0 Å². The highest BCUT2D eigenvalue weighted by molar-refractivity contribution is 5.22. The summed E-state index contributed by atoms with van der Waals surface area (Å²) in [6.45, 7) is 7.60. The number of nitrogens with zero attached hydrogens (tertiary/aromatic N) is 1. The molecule has 0 amide bonds. The average molecular weight is 253 g/mol. The highest BCUT2D eigenvalue weighted by atomic mass is 16.6. The van der Waals surface area contributed by atoms with E-state index in [1.807, 2.05) is 19.9 Å². The van der Waals surface area contributed by atoms with E-state index in [4.69, 9.17) is 0 Å². The second-order valence-electron chi connectivity index (χ2n) is 5.56. The van der Waals surface area contributed by atoms with Gasteiger partial charge >= 0.3 is 0 Å². The fourth-order valence-corrected chi connectivity index (χ4v) is 2.76. The van der Waals surface area contributed by atoms with E-state index in [9.17, 15) is 15.2 Å². The smallest absolute Gasteiger partial charge is 0.207 e. The van der Waals surface area contributed by atoms with Gasteiger partial charge < -0.3 is 5.11 Å². The normalized spacial score (nSPS) is 26.5. The van der Waals surface area contributed by atoms with E-state index >= 15 is 0 Å². The summed E-state index contributed by atoms with van der Waals surface area (Å²) in [4.78, 5) is 10.2. The zero-order valence-corrected chi connectivity index (χ0v) is 11.3. The lowest BCUT2D eigenvalue weighted by Gasteiger charge is -2.47. The van der Waals surface area contributed by atoms with Crippen LogP contribution in [0.3, 0.4) is 0 Å². The minimum Gasteiger partial charge on any atom is -0.389 e. The highest BCUT2D eigenvalue weighted by Gasteiger charge is 2.46. The summed E-state index contributed by atoms with van der Waals surface area (Å²) in [7, 11) is 0. The molecule has 1 aliphatic carbocycles. The van der Waals surface area contributed by atoms with Gasteiger partial charge in [0.25, 0.3) is 0 Å². The fraction of sp³-hybridized carbons (Fsp3) is 0.714. The van der Waals surface area contributed by atoms with Gasteiger partial charge in [0.1, 0.15) is 0 Å². The van der Waals surface area contributed by atoms with Gasteiger partial charge in [0.15, 0.2) is 0 Å². The summed E-state index contributed by atoms with van der Waals surface area (Å²) in [5.74, 6) is 0. The molecule has 0 heterocycles. The first-order valence-corrected chi connectivity index (χ1v) is 6.48. The third kappa shape index (κ3) is 2.99. The summed E-state index contributed by atoms with van der Waals surface area (Å²) < 4.78 is 0. The Balaban J connectivity index is 2.84. The summed E-state index contributed by atoms with van der Waals surface area (Å²) in [5.41, 5.74) is -0.163. The van der Waals surface area contributed by atoms with E-state index in [2.05, 4.69) is 12.7 Å². The molecule has 4 nitrogen and oxygen atoms in total. The molecule has 18 heavy (non-hydrogen) atoms. The minimum atomic E-state index is -0.776. The monoisotopic (exact) mass is 253 g/mol. The fourth-order valence-electron chi connectivity index (χ4n) is 2.76. The van der Waals surface area contributed by atoms with Crippen LogP contribution in [0.5, 0.6) is 0 Å². The predicted octanol–water partition coefficient (Wildman–Crippen LogP) is 3.10. The van der Waals surface area contributed by atoms with Crippen molar-refractivity contribution in [2.75, 3.05) is 6.54 Å². The summed E-state index contributed by atoms with van der Waals surface area (Å²) in [5, 5.41) is 21.3. The lowest BCUT2D eigenvalue weighted by molar-refractivity contribution is -0.479. The molecule has 0 spiro atoms. The van der Waals surface area contributed by atoms with Gasteiger partial charge in [-0.15, -0.1) is 6.58 Å². The second kappa shape index (κ2) is 5.65. The number of aliphatic hydroxyl groups is 1. The molecule has 1 unspecified atom stereocenters. The van der Waals surface area contributed by atoms with Gasteiger partial charge in [0.05, 0.1) is 5.60 Å². The lowest BCUT2D eigenvalue weighted by Crippen LogP contribution is -2.47. The molecule has 4 heteroatoms. The molecule has 0 saturated carbocycles. The van der Waals surface area contributed by atoms with Crippen molar-refractivity contribution >= 4 is 0 Å². The number of hydrogen-bond donors (Lipinski definition) is 1. The van der Waals surface area contributed by atoms with Gasteiger partial charge in [-0.2, -0.15) is 0 Å². The third-order valence-electron chi connectivity index (χ3n) is 4.24. The van der Waals surface area contributed by atoms with E-state index in [-0.39, 0.29) is 11.5 Å². The van der Waals surface area contributed by atoms with E-state index in [1.54, 1.807) is 0 Å². The van der Waals surface area contributed by atoms with Crippen molar-refractivity contribution in [3.8, 4) is 0 Å². The zero-order valence-electron chi connectivity index (χ0n) is 11.3. The Bertz CT molecular complexity index is 360. The lowest BCUT2D eigenvalue weighted by atomic mass is 9.62. The van der Waals surface area contributed by atoms with E-state index in [0.717, 1.165) is 24.8 Å². The molecule has 102 valence electrons. The molecule has 1 rings (SSSR count). The van der Waals surface area contributed by atoms with Gasteiger partial charge in [-0.3, -0.25) is 10.1 Å². The Morgan fingerprint density at radius 1 is 1.61 bits per heavy atom. The van der Waals surface area contributed by atoms with Crippen LogP contribution in [-0.4, -0.2) is 22.2 Å². The Hall–Kier alpha value is -1.16. The molecule has 0 aromatic rings. The van der Waals surface area contributed by atoms with Crippen molar-refractivity contribution in [1.29, 1.82) is 0 Å². The molecule has 0 saturated heterocycles. The van der Waals surface area contributed by atoms with Crippen molar-refractivity contribution in [3.63, 3.8) is 0 Å². The molecule has 0 bridgehead atoms. The molecule has 1 N–H and O–H groups in total. The Morgan fingerprint density at radius 3 is 2.83 bits per heavy atom. The first-order valence-electron chi connectivity index (χ1n) is 6.48. The minimum absolute atomic E-state index is 0.0627. The van der Waals surface area contributed by atoms with Crippen LogP contribution in [0, 0.1) is 15.5 Å². The Labute approximate surface area is 109 Å². The van der Waals surface area contributed by atoms with Crippen molar-refractivity contribution in [2.45, 2.75) is 51.6 Å².